The van der Waals surface area contributed by atoms with Crippen molar-refractivity contribution in [2.75, 3.05) is 26.2 Å². The van der Waals surface area contributed by atoms with Gasteiger partial charge in [-0.1, -0.05) is 126 Å². The van der Waals surface area contributed by atoms with E-state index in [1.165, 1.54) is 69.1 Å². The van der Waals surface area contributed by atoms with Crippen LogP contribution in [-0.2, 0) is 0 Å². The van der Waals surface area contributed by atoms with Gasteiger partial charge in [0, 0.05) is 29.9 Å². The van der Waals surface area contributed by atoms with Gasteiger partial charge in [0.15, 0.2) is 0 Å². The van der Waals surface area contributed by atoms with Crippen LogP contribution >= 0.6 is 11.6 Å². The van der Waals surface area contributed by atoms with Gasteiger partial charge in [0.25, 0.3) is 11.8 Å². The van der Waals surface area contributed by atoms with Crippen LogP contribution in [0.15, 0.2) is 72.5 Å². The minimum Gasteiger partial charge on any atom is -0.492 e. The van der Waals surface area contributed by atoms with Crippen LogP contribution < -0.4 is 4.74 Å². The fourth-order valence-electron chi connectivity index (χ4n) is 5.41. The molecule has 2 amide bonds. The van der Waals surface area contributed by atoms with Gasteiger partial charge >= 0.3 is 0 Å². The lowest BCUT2D eigenvalue weighted by Gasteiger charge is -2.31. The molecule has 1 heterocycles. The number of halogens is 1. The third-order valence-corrected chi connectivity index (χ3v) is 8.21. The molecule has 0 bridgehead atoms. The standard InChI is InChI=1S/C37H51ClN2O3/c1-3-5-6-7-8-9-10-11-12-13-14-20-28-43-35-25-24-32(29-34(35)38)37(42)40(36(41)31-21-16-15-17-22-31)30-33-23-18-19-27-39(33)26-4-2/h15-19,21-25,29H,3-14,20,26-28,30H2,1-2H3. The maximum absolute atomic E-state index is 13.8. The summed E-state index contributed by atoms with van der Waals surface area (Å²) in [4.78, 5) is 30.9. The molecule has 0 aliphatic carbocycles. The van der Waals surface area contributed by atoms with E-state index in [9.17, 15) is 9.59 Å². The molecule has 234 valence electrons. The molecule has 0 fully saturated rings. The minimum atomic E-state index is -0.379. The number of allylic oxidation sites excluding steroid dienone is 2. The molecule has 2 aromatic rings. The predicted molar refractivity (Wildman–Crippen MR) is 179 cm³/mol. The second kappa shape index (κ2) is 20.0. The van der Waals surface area contributed by atoms with Gasteiger partial charge in [0.1, 0.15) is 5.75 Å². The summed E-state index contributed by atoms with van der Waals surface area (Å²) in [5.74, 6) is -0.146. The third kappa shape index (κ3) is 11.9. The zero-order valence-corrected chi connectivity index (χ0v) is 27.1. The van der Waals surface area contributed by atoms with E-state index in [2.05, 4.69) is 24.8 Å². The van der Waals surface area contributed by atoms with E-state index in [0.29, 0.717) is 28.5 Å². The molecule has 2 aromatic carbocycles. The maximum atomic E-state index is 13.8. The smallest absolute Gasteiger partial charge is 0.261 e. The summed E-state index contributed by atoms with van der Waals surface area (Å²) >= 11 is 6.57. The Bertz CT molecular complexity index is 1180. The molecule has 43 heavy (non-hydrogen) atoms. The molecule has 5 nitrogen and oxygen atoms in total. The van der Waals surface area contributed by atoms with Gasteiger partial charge in [-0.15, -0.1) is 0 Å². The highest BCUT2D eigenvalue weighted by Crippen LogP contribution is 2.27. The number of benzene rings is 2. The second-order valence-electron chi connectivity index (χ2n) is 11.5. The summed E-state index contributed by atoms with van der Waals surface area (Å²) in [7, 11) is 0. The van der Waals surface area contributed by atoms with Crippen molar-refractivity contribution >= 4 is 23.4 Å². The molecular formula is C37H51ClN2O3. The van der Waals surface area contributed by atoms with Gasteiger partial charge < -0.3 is 9.64 Å². The molecule has 1 aliphatic rings. The Morgan fingerprint density at radius 3 is 2.05 bits per heavy atom. The highest BCUT2D eigenvalue weighted by atomic mass is 35.5. The van der Waals surface area contributed by atoms with Crippen molar-refractivity contribution in [1.29, 1.82) is 0 Å². The van der Waals surface area contributed by atoms with Gasteiger partial charge in [-0.25, -0.2) is 0 Å². The van der Waals surface area contributed by atoms with Crippen molar-refractivity contribution in [2.45, 2.75) is 97.3 Å². The van der Waals surface area contributed by atoms with Crippen molar-refractivity contribution in [1.82, 2.24) is 9.80 Å². The first kappa shape index (κ1) is 34.4. The quantitative estimate of drug-likeness (QED) is 0.111. The molecule has 0 radical (unpaired) electrons. The van der Waals surface area contributed by atoms with Crippen LogP contribution in [0.3, 0.4) is 0 Å². The van der Waals surface area contributed by atoms with Crippen LogP contribution in [0.4, 0.5) is 0 Å². The Morgan fingerprint density at radius 1 is 0.791 bits per heavy atom. The fraction of sp³-hybridized carbons (Fsp3) is 0.514. The molecule has 0 saturated heterocycles. The zero-order valence-electron chi connectivity index (χ0n) is 26.4. The number of unbranched alkanes of at least 4 members (excludes halogenated alkanes) is 11. The number of carbonyl (C=O) groups is 2. The first-order chi connectivity index (χ1) is 21.0. The summed E-state index contributed by atoms with van der Waals surface area (Å²) in [6.07, 6.45) is 22.5. The number of carbonyl (C=O) groups excluding carboxylic acids is 2. The van der Waals surface area contributed by atoms with E-state index in [1.54, 1.807) is 42.5 Å². The largest absolute Gasteiger partial charge is 0.492 e. The van der Waals surface area contributed by atoms with Gasteiger partial charge in [-0.3, -0.25) is 14.5 Å². The topological polar surface area (TPSA) is 49.9 Å². The number of nitrogens with zero attached hydrogens (tertiary/aromatic N) is 2. The average molecular weight is 607 g/mol. The summed E-state index contributed by atoms with van der Waals surface area (Å²) in [6, 6.07) is 14.0. The number of hydrogen-bond donors (Lipinski definition) is 0. The van der Waals surface area contributed by atoms with Crippen molar-refractivity contribution in [3.05, 3.63) is 88.6 Å². The van der Waals surface area contributed by atoms with Crippen LogP contribution in [0.1, 0.15) is 118 Å². The number of rotatable bonds is 20. The molecular weight excluding hydrogens is 556 g/mol. The number of imide groups is 1. The highest BCUT2D eigenvalue weighted by molar-refractivity contribution is 6.32. The van der Waals surface area contributed by atoms with Crippen LogP contribution in [0, 0.1) is 0 Å². The van der Waals surface area contributed by atoms with E-state index in [4.69, 9.17) is 16.3 Å². The Morgan fingerprint density at radius 2 is 1.42 bits per heavy atom. The van der Waals surface area contributed by atoms with Gasteiger partial charge in [-0.05, 0) is 49.2 Å². The molecule has 0 aromatic heterocycles. The van der Waals surface area contributed by atoms with Crippen LogP contribution in [0.5, 0.6) is 5.75 Å². The van der Waals surface area contributed by atoms with E-state index < -0.39 is 0 Å². The molecule has 0 unspecified atom stereocenters. The Balaban J connectivity index is 1.52. The first-order valence-electron chi connectivity index (χ1n) is 16.5. The summed E-state index contributed by atoms with van der Waals surface area (Å²) in [5.41, 5.74) is 1.77. The molecule has 0 N–H and O–H groups in total. The van der Waals surface area contributed by atoms with Crippen molar-refractivity contribution < 1.29 is 14.3 Å². The normalized spacial score (nSPS) is 12.7. The molecule has 0 atom stereocenters. The van der Waals surface area contributed by atoms with Crippen molar-refractivity contribution in [3.8, 4) is 5.75 Å². The second-order valence-corrected chi connectivity index (χ2v) is 11.9. The van der Waals surface area contributed by atoms with Crippen LogP contribution in [0.25, 0.3) is 0 Å². The fourth-order valence-corrected chi connectivity index (χ4v) is 5.65. The van der Waals surface area contributed by atoms with Crippen LogP contribution in [0.2, 0.25) is 5.02 Å². The Labute approximate surface area is 264 Å². The Kier molecular flexibility index (Phi) is 16.0. The molecule has 1 aliphatic heterocycles. The summed E-state index contributed by atoms with van der Waals surface area (Å²) in [5, 5.41) is 0.379. The summed E-state index contributed by atoms with van der Waals surface area (Å²) in [6.45, 7) is 6.79. The monoisotopic (exact) mass is 606 g/mol. The zero-order chi connectivity index (χ0) is 30.7. The lowest BCUT2D eigenvalue weighted by atomic mass is 10.1. The molecule has 0 spiro atoms. The number of hydrogen-bond acceptors (Lipinski definition) is 4. The minimum absolute atomic E-state index is 0.186. The lowest BCUT2D eigenvalue weighted by Crippen LogP contribution is -2.42. The van der Waals surface area contributed by atoms with Crippen molar-refractivity contribution in [2.24, 2.45) is 0 Å². The molecule has 0 saturated carbocycles. The van der Waals surface area contributed by atoms with Crippen LogP contribution in [-0.4, -0.2) is 47.9 Å². The number of amides is 2. The maximum Gasteiger partial charge on any atom is 0.261 e. The third-order valence-electron chi connectivity index (χ3n) is 7.92. The first-order valence-corrected chi connectivity index (χ1v) is 16.9. The van der Waals surface area contributed by atoms with E-state index in [0.717, 1.165) is 38.0 Å². The molecule has 3 rings (SSSR count). The number of ether oxygens (including phenoxy) is 1. The summed E-state index contributed by atoms with van der Waals surface area (Å²) < 4.78 is 5.96. The SMILES string of the molecule is CCCCCCCCCCCCCCOc1ccc(C(=O)N(CC2=CC=CCN2CCC)C(=O)c2ccccc2)cc1Cl. The van der Waals surface area contributed by atoms with Gasteiger partial charge in [-0.2, -0.15) is 0 Å². The predicted octanol–water partition coefficient (Wildman–Crippen LogP) is 9.87. The van der Waals surface area contributed by atoms with Crippen molar-refractivity contribution in [3.63, 3.8) is 0 Å². The van der Waals surface area contributed by atoms with E-state index in [1.807, 2.05) is 18.2 Å². The van der Waals surface area contributed by atoms with E-state index in [-0.39, 0.29) is 18.4 Å². The van der Waals surface area contributed by atoms with E-state index >= 15 is 0 Å². The average Bonchev–Trinajstić information content (AvgIpc) is 3.03. The van der Waals surface area contributed by atoms with Gasteiger partial charge in [0.05, 0.1) is 18.2 Å². The van der Waals surface area contributed by atoms with Gasteiger partial charge in [0.2, 0.25) is 0 Å². The lowest BCUT2D eigenvalue weighted by molar-refractivity contribution is 0.0619. The highest BCUT2D eigenvalue weighted by Gasteiger charge is 2.27. The Hall–Kier alpha value is -3.05. The molecule has 6 heteroatoms.